The molecule has 30 heavy (non-hydrogen) atoms. The topological polar surface area (TPSA) is 75.0 Å². The number of hydrogen-bond donors (Lipinski definition) is 0. The van der Waals surface area contributed by atoms with Crippen LogP contribution in [0.5, 0.6) is 5.75 Å². The molecule has 0 atom stereocenters. The van der Waals surface area contributed by atoms with E-state index in [2.05, 4.69) is 17.2 Å². The Balaban J connectivity index is 1.52. The van der Waals surface area contributed by atoms with E-state index in [0.29, 0.717) is 18.7 Å². The Morgan fingerprint density at radius 2 is 1.87 bits per heavy atom. The zero-order valence-corrected chi connectivity index (χ0v) is 18.1. The summed E-state index contributed by atoms with van der Waals surface area (Å²) in [5.74, 6) is 0.751. The van der Waals surface area contributed by atoms with Crippen molar-refractivity contribution in [1.82, 2.24) is 9.96 Å². The highest BCUT2D eigenvalue weighted by molar-refractivity contribution is 5.60. The molecule has 1 aromatic carbocycles. The van der Waals surface area contributed by atoms with Gasteiger partial charge in [-0.15, -0.1) is 5.06 Å². The van der Waals surface area contributed by atoms with Crippen LogP contribution in [0.15, 0.2) is 24.4 Å². The van der Waals surface area contributed by atoms with E-state index < -0.39 is 11.8 Å². The molecule has 2 fully saturated rings. The molecule has 2 heterocycles. The Kier molecular flexibility index (Phi) is 7.22. The first-order valence-electron chi connectivity index (χ1n) is 10.6. The first kappa shape index (κ1) is 22.0. The minimum Gasteiger partial charge on any atom is -0.490 e. The number of carbonyl (C=O) groups excluding carboxylic acids is 1. The molecule has 162 valence electrons. The molecule has 0 aromatic heterocycles. The molecule has 2 aliphatic heterocycles. The zero-order chi connectivity index (χ0) is 21.6. The number of ether oxygens (including phenoxy) is 2. The first-order valence-corrected chi connectivity index (χ1v) is 10.6. The molecule has 7 nitrogen and oxygen atoms in total. The van der Waals surface area contributed by atoms with Crippen LogP contribution >= 0.6 is 0 Å². The van der Waals surface area contributed by atoms with E-state index in [0.717, 1.165) is 37.2 Å². The smallest absolute Gasteiger partial charge is 0.490 e. The van der Waals surface area contributed by atoms with Crippen LogP contribution in [0, 0.1) is 11.3 Å². The van der Waals surface area contributed by atoms with Gasteiger partial charge in [0.2, 0.25) is 0 Å². The number of benzene rings is 1. The second kappa shape index (κ2) is 9.86. The molecule has 0 aliphatic carbocycles. The fraction of sp³-hybridized carbons (Fsp3) is 0.565. The van der Waals surface area contributed by atoms with Crippen LogP contribution in [0.4, 0.5) is 4.79 Å². The van der Waals surface area contributed by atoms with E-state index in [9.17, 15) is 10.1 Å². The van der Waals surface area contributed by atoms with E-state index in [1.807, 2.05) is 18.2 Å². The SMILES string of the molecule is CC(C)(C)OC(=O)ON1CCC(Oc2ccc(C#N)c(/C=C/N3CCCC3)c2)CC1. The molecule has 1 aromatic rings. The third-order valence-electron chi connectivity index (χ3n) is 5.05. The molecular weight excluding hydrogens is 382 g/mol. The van der Waals surface area contributed by atoms with E-state index in [1.54, 1.807) is 31.9 Å². The van der Waals surface area contributed by atoms with E-state index in [-0.39, 0.29) is 6.10 Å². The van der Waals surface area contributed by atoms with Gasteiger partial charge in [-0.05, 0) is 69.7 Å². The minimum absolute atomic E-state index is 0.0341. The van der Waals surface area contributed by atoms with Crippen molar-refractivity contribution in [3.05, 3.63) is 35.5 Å². The van der Waals surface area contributed by atoms with Gasteiger partial charge in [-0.1, -0.05) is 0 Å². The second-order valence-corrected chi connectivity index (χ2v) is 8.72. The maximum absolute atomic E-state index is 11.8. The van der Waals surface area contributed by atoms with Crippen molar-refractivity contribution < 1.29 is 19.1 Å². The molecule has 0 spiro atoms. The number of nitriles is 1. The summed E-state index contributed by atoms with van der Waals surface area (Å²) in [5.41, 5.74) is 0.931. The van der Waals surface area contributed by atoms with Gasteiger partial charge in [-0.3, -0.25) is 0 Å². The summed E-state index contributed by atoms with van der Waals surface area (Å²) in [4.78, 5) is 19.3. The fourth-order valence-electron chi connectivity index (χ4n) is 3.54. The van der Waals surface area contributed by atoms with Crippen molar-refractivity contribution in [2.45, 2.75) is 58.2 Å². The predicted octanol–water partition coefficient (Wildman–Crippen LogP) is 4.33. The van der Waals surface area contributed by atoms with Gasteiger partial charge in [0, 0.05) is 39.0 Å². The summed E-state index contributed by atoms with van der Waals surface area (Å²) < 4.78 is 11.3. The Labute approximate surface area is 178 Å². The molecule has 0 N–H and O–H groups in total. The second-order valence-electron chi connectivity index (χ2n) is 8.72. The largest absolute Gasteiger partial charge is 0.528 e. The van der Waals surface area contributed by atoms with Crippen molar-refractivity contribution in [2.75, 3.05) is 26.2 Å². The lowest BCUT2D eigenvalue weighted by atomic mass is 10.1. The highest BCUT2D eigenvalue weighted by atomic mass is 16.8. The van der Waals surface area contributed by atoms with Crippen LogP contribution < -0.4 is 4.74 Å². The van der Waals surface area contributed by atoms with Gasteiger partial charge >= 0.3 is 6.16 Å². The third kappa shape index (κ3) is 6.67. The predicted molar refractivity (Wildman–Crippen MR) is 114 cm³/mol. The Morgan fingerprint density at radius 1 is 1.17 bits per heavy atom. The minimum atomic E-state index is -0.677. The molecule has 0 unspecified atom stereocenters. The van der Waals surface area contributed by atoms with Gasteiger partial charge in [-0.25, -0.2) is 4.79 Å². The average Bonchev–Trinajstić information content (AvgIpc) is 3.20. The van der Waals surface area contributed by atoms with E-state index >= 15 is 0 Å². The number of piperidine rings is 1. The van der Waals surface area contributed by atoms with Gasteiger partial charge in [0.1, 0.15) is 17.5 Å². The summed E-state index contributed by atoms with van der Waals surface area (Å²) in [6, 6.07) is 7.82. The van der Waals surface area contributed by atoms with Gasteiger partial charge in [-0.2, -0.15) is 5.26 Å². The number of likely N-dealkylation sites (tertiary alicyclic amines) is 1. The summed E-state index contributed by atoms with van der Waals surface area (Å²) in [6.07, 6.45) is 7.33. The van der Waals surface area contributed by atoms with Crippen molar-refractivity contribution in [1.29, 1.82) is 5.26 Å². The fourth-order valence-corrected chi connectivity index (χ4v) is 3.54. The van der Waals surface area contributed by atoms with Crippen molar-refractivity contribution in [3.8, 4) is 11.8 Å². The summed E-state index contributed by atoms with van der Waals surface area (Å²) in [7, 11) is 0. The monoisotopic (exact) mass is 413 g/mol. The molecule has 7 heteroatoms. The van der Waals surface area contributed by atoms with E-state index in [1.165, 1.54) is 12.8 Å². The molecule has 2 saturated heterocycles. The molecule has 0 saturated carbocycles. The number of nitrogens with zero attached hydrogens (tertiary/aromatic N) is 3. The van der Waals surface area contributed by atoms with Crippen LogP contribution in [0.25, 0.3) is 6.08 Å². The molecule has 0 bridgehead atoms. The van der Waals surface area contributed by atoms with Crippen LogP contribution in [0.3, 0.4) is 0 Å². The zero-order valence-electron chi connectivity index (χ0n) is 18.1. The van der Waals surface area contributed by atoms with Crippen LogP contribution in [0.1, 0.15) is 57.6 Å². The van der Waals surface area contributed by atoms with Crippen LogP contribution in [-0.4, -0.2) is 54.0 Å². The van der Waals surface area contributed by atoms with Crippen molar-refractivity contribution in [2.24, 2.45) is 0 Å². The Hall–Kier alpha value is -2.72. The first-order chi connectivity index (χ1) is 14.3. The number of hydroxylamine groups is 2. The molecule has 0 amide bonds. The third-order valence-corrected chi connectivity index (χ3v) is 5.05. The van der Waals surface area contributed by atoms with Crippen molar-refractivity contribution in [3.63, 3.8) is 0 Å². The van der Waals surface area contributed by atoms with Crippen LogP contribution in [-0.2, 0) is 9.57 Å². The van der Waals surface area contributed by atoms with Crippen molar-refractivity contribution >= 4 is 12.2 Å². The average molecular weight is 414 g/mol. The highest BCUT2D eigenvalue weighted by Crippen LogP contribution is 2.24. The normalized spacial score (nSPS) is 18.4. The Morgan fingerprint density at radius 3 is 2.50 bits per heavy atom. The van der Waals surface area contributed by atoms with Gasteiger partial charge < -0.3 is 19.2 Å². The standard InChI is InChI=1S/C23H31N3O4/c1-23(2,3)29-22(27)30-26-14-9-20(10-15-26)28-21-7-6-19(17-24)18(16-21)8-13-25-11-4-5-12-25/h6-8,13,16,20H,4-5,9-12,14-15H2,1-3H3/b13-8+. The molecular formula is C23H31N3O4. The Bertz CT molecular complexity index is 796. The number of carbonyl (C=O) groups is 1. The van der Waals surface area contributed by atoms with Crippen LogP contribution in [0.2, 0.25) is 0 Å². The summed E-state index contributed by atoms with van der Waals surface area (Å²) >= 11 is 0. The molecule has 3 rings (SSSR count). The lowest BCUT2D eigenvalue weighted by Crippen LogP contribution is -2.40. The lowest BCUT2D eigenvalue weighted by Gasteiger charge is -2.31. The summed E-state index contributed by atoms with van der Waals surface area (Å²) in [6.45, 7) is 8.72. The number of hydrogen-bond acceptors (Lipinski definition) is 7. The summed E-state index contributed by atoms with van der Waals surface area (Å²) in [5, 5.41) is 11.0. The highest BCUT2D eigenvalue weighted by Gasteiger charge is 2.26. The lowest BCUT2D eigenvalue weighted by molar-refractivity contribution is -0.158. The van der Waals surface area contributed by atoms with Gasteiger partial charge in [0.15, 0.2) is 0 Å². The molecule has 0 radical (unpaired) electrons. The maximum Gasteiger partial charge on any atom is 0.528 e. The quantitative estimate of drug-likeness (QED) is 0.665. The van der Waals surface area contributed by atoms with Gasteiger partial charge in [0.05, 0.1) is 11.6 Å². The van der Waals surface area contributed by atoms with Gasteiger partial charge in [0.25, 0.3) is 0 Å². The number of rotatable bonds is 5. The maximum atomic E-state index is 11.8. The van der Waals surface area contributed by atoms with E-state index in [4.69, 9.17) is 14.3 Å². The molecule has 2 aliphatic rings.